The molecule has 1 saturated heterocycles. The van der Waals surface area contributed by atoms with E-state index in [-0.39, 0.29) is 18.0 Å². The van der Waals surface area contributed by atoms with Crippen LogP contribution in [0, 0.1) is 0 Å². The van der Waals surface area contributed by atoms with Crippen molar-refractivity contribution in [1.82, 2.24) is 4.98 Å². The van der Waals surface area contributed by atoms with Crippen molar-refractivity contribution < 1.29 is 22.7 Å². The van der Waals surface area contributed by atoms with Crippen LogP contribution in [0.3, 0.4) is 0 Å². The smallest absolute Gasteiger partial charge is 0.416 e. The number of ether oxygens (including phenoxy) is 1. The summed E-state index contributed by atoms with van der Waals surface area (Å²) >= 11 is 0. The molecule has 0 radical (unpaired) electrons. The van der Waals surface area contributed by atoms with E-state index < -0.39 is 11.7 Å². The molecule has 0 atom stereocenters. The van der Waals surface area contributed by atoms with E-state index in [1.807, 2.05) is 23.1 Å². The van der Waals surface area contributed by atoms with Crippen molar-refractivity contribution in [3.8, 4) is 5.75 Å². The van der Waals surface area contributed by atoms with E-state index in [9.17, 15) is 18.0 Å². The number of anilines is 2. The van der Waals surface area contributed by atoms with Gasteiger partial charge in [0.1, 0.15) is 5.75 Å². The molecule has 0 bridgehead atoms. The quantitative estimate of drug-likeness (QED) is 0.571. The summed E-state index contributed by atoms with van der Waals surface area (Å²) in [6, 6.07) is 9.07. The molecule has 2 heterocycles. The average molecular weight is 431 g/mol. The van der Waals surface area contributed by atoms with Crippen LogP contribution in [-0.4, -0.2) is 31.1 Å². The van der Waals surface area contributed by atoms with E-state index in [2.05, 4.69) is 10.3 Å². The van der Waals surface area contributed by atoms with Crippen LogP contribution in [-0.2, 0) is 17.4 Å². The molecule has 4 rings (SSSR count). The number of piperidine rings is 1. The summed E-state index contributed by atoms with van der Waals surface area (Å²) in [5.41, 5.74) is 1.65. The van der Waals surface area contributed by atoms with Gasteiger partial charge in [0.05, 0.1) is 30.5 Å². The molecule has 1 amide bonds. The van der Waals surface area contributed by atoms with Crippen LogP contribution in [0.4, 0.5) is 24.5 Å². The fourth-order valence-electron chi connectivity index (χ4n) is 4.02. The van der Waals surface area contributed by atoms with Crippen molar-refractivity contribution in [2.45, 2.75) is 31.9 Å². The van der Waals surface area contributed by atoms with Gasteiger partial charge in [0.25, 0.3) is 0 Å². The first-order chi connectivity index (χ1) is 14.8. The molecule has 1 aromatic heterocycles. The highest BCUT2D eigenvalue weighted by molar-refractivity contribution is 5.98. The normalized spacial score (nSPS) is 14.6. The monoisotopic (exact) mass is 431 g/mol. The highest BCUT2D eigenvalue weighted by Gasteiger charge is 2.32. The number of amides is 1. The fraction of sp³-hybridized carbons (Fsp3) is 0.348. The van der Waals surface area contributed by atoms with Gasteiger partial charge >= 0.3 is 6.18 Å². The number of alkyl halides is 3. The minimum Gasteiger partial charge on any atom is -0.497 e. The number of aromatic nitrogens is 1. The van der Waals surface area contributed by atoms with Gasteiger partial charge < -0.3 is 19.9 Å². The molecule has 1 aliphatic heterocycles. The van der Waals surface area contributed by atoms with Gasteiger partial charge in [-0.25, -0.2) is 0 Å². The lowest BCUT2D eigenvalue weighted by Crippen LogP contribution is -2.30. The molecule has 0 unspecified atom stereocenters. The van der Waals surface area contributed by atoms with Crippen molar-refractivity contribution in [3.05, 3.63) is 53.7 Å². The van der Waals surface area contributed by atoms with E-state index in [4.69, 9.17) is 4.74 Å². The summed E-state index contributed by atoms with van der Waals surface area (Å²) in [6.45, 7) is 1.52. The molecule has 0 saturated carbocycles. The van der Waals surface area contributed by atoms with Crippen LogP contribution in [0.25, 0.3) is 10.9 Å². The molecule has 8 heteroatoms. The van der Waals surface area contributed by atoms with Crippen LogP contribution in [0.2, 0.25) is 0 Å². The third-order valence-electron chi connectivity index (χ3n) is 5.62. The maximum Gasteiger partial charge on any atom is 0.416 e. The standard InChI is InChI=1S/C23H24F3N3O2/c1-31-17-6-7-19-18(13-17)15(14-27-19)11-22(30)28-20-12-16(23(24,25)26)5-8-21(20)29-9-3-2-4-10-29/h5-8,12-14,27H,2-4,9-11H2,1H3,(H,28,30). The zero-order valence-electron chi connectivity index (χ0n) is 17.2. The Kier molecular flexibility index (Phi) is 5.80. The van der Waals surface area contributed by atoms with E-state index >= 15 is 0 Å². The van der Waals surface area contributed by atoms with Gasteiger partial charge in [0.2, 0.25) is 5.91 Å². The number of methoxy groups -OCH3 is 1. The second kappa shape index (κ2) is 8.53. The second-order valence-corrected chi connectivity index (χ2v) is 7.73. The number of nitrogens with zero attached hydrogens (tertiary/aromatic N) is 1. The Morgan fingerprint density at radius 1 is 1.13 bits per heavy atom. The Balaban J connectivity index is 1.60. The molecule has 1 fully saturated rings. The zero-order valence-corrected chi connectivity index (χ0v) is 17.2. The number of carbonyl (C=O) groups excluding carboxylic acids is 1. The SMILES string of the molecule is COc1ccc2[nH]cc(CC(=O)Nc3cc(C(F)(F)F)ccc3N3CCCCC3)c2c1. The Bertz CT molecular complexity index is 1090. The highest BCUT2D eigenvalue weighted by atomic mass is 19.4. The Labute approximate surface area is 178 Å². The summed E-state index contributed by atoms with van der Waals surface area (Å²) in [5, 5.41) is 3.57. The minimum absolute atomic E-state index is 0.0306. The van der Waals surface area contributed by atoms with E-state index in [0.29, 0.717) is 11.4 Å². The summed E-state index contributed by atoms with van der Waals surface area (Å²) in [5.74, 6) is 0.292. The molecule has 5 nitrogen and oxygen atoms in total. The number of H-pyrrole nitrogens is 1. The van der Waals surface area contributed by atoms with Crippen molar-refractivity contribution in [3.63, 3.8) is 0 Å². The van der Waals surface area contributed by atoms with Gasteiger partial charge in [-0.2, -0.15) is 13.2 Å². The first-order valence-corrected chi connectivity index (χ1v) is 10.3. The van der Waals surface area contributed by atoms with E-state index in [1.165, 1.54) is 6.07 Å². The molecular weight excluding hydrogens is 407 g/mol. The number of benzene rings is 2. The van der Waals surface area contributed by atoms with E-state index in [0.717, 1.165) is 61.0 Å². The fourth-order valence-corrected chi connectivity index (χ4v) is 4.02. The summed E-state index contributed by atoms with van der Waals surface area (Å²) in [7, 11) is 1.57. The van der Waals surface area contributed by atoms with Crippen molar-refractivity contribution >= 4 is 28.2 Å². The largest absolute Gasteiger partial charge is 0.497 e. The predicted molar refractivity (Wildman–Crippen MR) is 115 cm³/mol. The maximum absolute atomic E-state index is 13.3. The van der Waals surface area contributed by atoms with Crippen LogP contribution in [0.15, 0.2) is 42.6 Å². The van der Waals surface area contributed by atoms with Gasteiger partial charge in [-0.1, -0.05) is 0 Å². The van der Waals surface area contributed by atoms with Crippen LogP contribution >= 0.6 is 0 Å². The first kappa shape index (κ1) is 21.1. The molecule has 2 aromatic carbocycles. The highest BCUT2D eigenvalue weighted by Crippen LogP contribution is 2.36. The molecule has 0 aliphatic carbocycles. The molecule has 3 aromatic rings. The molecule has 2 N–H and O–H groups in total. The Morgan fingerprint density at radius 3 is 2.61 bits per heavy atom. The molecule has 0 spiro atoms. The second-order valence-electron chi connectivity index (χ2n) is 7.73. The first-order valence-electron chi connectivity index (χ1n) is 10.3. The number of hydrogen-bond acceptors (Lipinski definition) is 3. The zero-order chi connectivity index (χ0) is 22.0. The Morgan fingerprint density at radius 2 is 1.90 bits per heavy atom. The number of rotatable bonds is 5. The van der Waals surface area contributed by atoms with Crippen molar-refractivity contribution in [2.24, 2.45) is 0 Å². The lowest BCUT2D eigenvalue weighted by molar-refractivity contribution is -0.137. The minimum atomic E-state index is -4.48. The van der Waals surface area contributed by atoms with Crippen molar-refractivity contribution in [1.29, 1.82) is 0 Å². The summed E-state index contributed by atoms with van der Waals surface area (Å²) in [4.78, 5) is 18.0. The van der Waals surface area contributed by atoms with Crippen LogP contribution in [0.1, 0.15) is 30.4 Å². The van der Waals surface area contributed by atoms with Crippen LogP contribution < -0.4 is 15.0 Å². The molecular formula is C23H24F3N3O2. The van der Waals surface area contributed by atoms with Gasteiger partial charge in [-0.15, -0.1) is 0 Å². The third kappa shape index (κ3) is 4.62. The molecule has 1 aliphatic rings. The number of aromatic amines is 1. The van der Waals surface area contributed by atoms with Gasteiger partial charge in [0.15, 0.2) is 0 Å². The van der Waals surface area contributed by atoms with Gasteiger partial charge in [-0.05, 0) is 61.2 Å². The number of hydrogen-bond donors (Lipinski definition) is 2. The van der Waals surface area contributed by atoms with Crippen LogP contribution in [0.5, 0.6) is 5.75 Å². The Hall–Kier alpha value is -3.16. The van der Waals surface area contributed by atoms with Gasteiger partial charge in [-0.3, -0.25) is 4.79 Å². The predicted octanol–water partition coefficient (Wildman–Crippen LogP) is 5.37. The summed E-state index contributed by atoms with van der Waals surface area (Å²) in [6.07, 6.45) is 0.345. The number of carbonyl (C=O) groups is 1. The molecule has 164 valence electrons. The third-order valence-corrected chi connectivity index (χ3v) is 5.62. The number of halogens is 3. The topological polar surface area (TPSA) is 57.4 Å². The summed E-state index contributed by atoms with van der Waals surface area (Å²) < 4.78 is 45.1. The van der Waals surface area contributed by atoms with Crippen molar-refractivity contribution in [2.75, 3.05) is 30.4 Å². The lowest BCUT2D eigenvalue weighted by atomic mass is 10.1. The van der Waals surface area contributed by atoms with Gasteiger partial charge in [0, 0.05) is 30.2 Å². The maximum atomic E-state index is 13.3. The lowest BCUT2D eigenvalue weighted by Gasteiger charge is -2.31. The number of nitrogens with one attached hydrogen (secondary N) is 2. The number of fused-ring (bicyclic) bond motifs is 1. The average Bonchev–Trinajstić information content (AvgIpc) is 3.15. The molecule has 31 heavy (non-hydrogen) atoms. The van der Waals surface area contributed by atoms with E-state index in [1.54, 1.807) is 13.3 Å².